The Morgan fingerprint density at radius 1 is 1.00 bits per heavy atom. The number of amides is 3. The molecule has 1 aliphatic heterocycles. The van der Waals surface area contributed by atoms with Gasteiger partial charge in [-0.2, -0.15) is 0 Å². The van der Waals surface area contributed by atoms with Gasteiger partial charge in [-0.05, 0) is 55.5 Å². The van der Waals surface area contributed by atoms with Gasteiger partial charge in [-0.15, -0.1) is 0 Å². The van der Waals surface area contributed by atoms with Crippen LogP contribution in [0.25, 0.3) is 22.4 Å². The maximum absolute atomic E-state index is 13.9. The number of fused-ring (bicyclic) bond motifs is 1. The zero-order chi connectivity index (χ0) is 28.3. The van der Waals surface area contributed by atoms with E-state index in [0.717, 1.165) is 31.2 Å². The highest BCUT2D eigenvalue weighted by Gasteiger charge is 2.57. The number of H-pyrrole nitrogens is 1. The van der Waals surface area contributed by atoms with Gasteiger partial charge < -0.3 is 25.8 Å². The fourth-order valence-corrected chi connectivity index (χ4v) is 6.03. The van der Waals surface area contributed by atoms with Crippen molar-refractivity contribution >= 4 is 34.7 Å². The van der Waals surface area contributed by atoms with Crippen molar-refractivity contribution in [2.75, 3.05) is 31.1 Å². The zero-order valence-corrected chi connectivity index (χ0v) is 22.1. The second-order valence-corrected chi connectivity index (χ2v) is 11.1. The molecular weight excluding hydrogens is 527 g/mol. The Labute approximate surface area is 234 Å². The fourth-order valence-electron chi connectivity index (χ4n) is 6.03. The molecule has 4 aromatic rings. The van der Waals surface area contributed by atoms with Crippen molar-refractivity contribution in [2.45, 2.75) is 24.8 Å². The van der Waals surface area contributed by atoms with Crippen LogP contribution < -0.4 is 16.0 Å². The third-order valence-electron chi connectivity index (χ3n) is 8.36. The molecule has 41 heavy (non-hydrogen) atoms. The van der Waals surface area contributed by atoms with Crippen LogP contribution >= 0.6 is 0 Å². The van der Waals surface area contributed by atoms with Crippen LogP contribution in [-0.4, -0.2) is 74.3 Å². The zero-order valence-electron chi connectivity index (χ0n) is 22.1. The molecule has 2 aromatic carbocycles. The molecule has 3 amide bonds. The molecule has 208 valence electrons. The summed E-state index contributed by atoms with van der Waals surface area (Å²) in [6, 6.07) is 10.9. The maximum atomic E-state index is 13.9. The first-order valence-electron chi connectivity index (χ1n) is 13.6. The molecule has 0 atom stereocenters. The Balaban J connectivity index is 0.997. The summed E-state index contributed by atoms with van der Waals surface area (Å²) in [4.78, 5) is 57.7. The van der Waals surface area contributed by atoms with E-state index in [1.807, 2.05) is 4.90 Å². The standard InChI is InChI=1S/C29H27FN8O3/c30-19-11-20(24(31)39)23-22(12-19)33-25(35-23)17-1-3-18(4-2-17)27(41)37-7-9-38(10-8-37)28-32-6-5-21(34-28)26(40)36-29-13-16(14-29)15-29/h1-6,11-12,16H,7-10,13-15H2,(H2,31,39)(H,33,35)(H,36,40). The number of aromatic amines is 1. The molecule has 1 saturated heterocycles. The summed E-state index contributed by atoms with van der Waals surface area (Å²) in [6.07, 6.45) is 4.79. The number of rotatable bonds is 6. The van der Waals surface area contributed by atoms with Crippen molar-refractivity contribution in [3.63, 3.8) is 0 Å². The second-order valence-electron chi connectivity index (χ2n) is 11.1. The second kappa shape index (κ2) is 9.36. The molecule has 8 rings (SSSR count). The number of piperazine rings is 1. The van der Waals surface area contributed by atoms with Crippen LogP contribution in [0.5, 0.6) is 0 Å². The number of nitrogens with two attached hydrogens (primary N) is 1. The Morgan fingerprint density at radius 3 is 2.39 bits per heavy atom. The number of benzene rings is 2. The molecule has 3 saturated carbocycles. The monoisotopic (exact) mass is 554 g/mol. The van der Waals surface area contributed by atoms with Gasteiger partial charge in [0, 0.05) is 49.0 Å². The first kappa shape index (κ1) is 25.1. The third-order valence-corrected chi connectivity index (χ3v) is 8.36. The number of hydrogen-bond donors (Lipinski definition) is 3. The summed E-state index contributed by atoms with van der Waals surface area (Å²) >= 11 is 0. The molecular formula is C29H27FN8O3. The average molecular weight is 555 g/mol. The lowest BCUT2D eigenvalue weighted by molar-refractivity contribution is -0.0439. The Morgan fingerprint density at radius 2 is 1.73 bits per heavy atom. The van der Waals surface area contributed by atoms with Crippen molar-refractivity contribution in [1.82, 2.24) is 30.2 Å². The summed E-state index contributed by atoms with van der Waals surface area (Å²) in [5, 5.41) is 3.14. The van der Waals surface area contributed by atoms with Crippen LogP contribution in [0.4, 0.5) is 10.3 Å². The molecule has 2 bridgehead atoms. The van der Waals surface area contributed by atoms with E-state index in [1.165, 1.54) is 6.07 Å². The minimum atomic E-state index is -0.765. The van der Waals surface area contributed by atoms with Crippen LogP contribution in [0.3, 0.4) is 0 Å². The molecule has 12 heteroatoms. The minimum absolute atomic E-state index is 0.00129. The van der Waals surface area contributed by atoms with Gasteiger partial charge in [0.1, 0.15) is 22.9 Å². The highest BCUT2D eigenvalue weighted by molar-refractivity contribution is 6.04. The van der Waals surface area contributed by atoms with Crippen molar-refractivity contribution in [3.8, 4) is 11.4 Å². The van der Waals surface area contributed by atoms with E-state index in [-0.39, 0.29) is 28.4 Å². The van der Waals surface area contributed by atoms with E-state index >= 15 is 0 Å². The van der Waals surface area contributed by atoms with Crippen LogP contribution in [0.2, 0.25) is 0 Å². The molecule has 0 spiro atoms. The van der Waals surface area contributed by atoms with Gasteiger partial charge >= 0.3 is 0 Å². The number of nitrogens with zero attached hydrogens (tertiary/aromatic N) is 5. The topological polar surface area (TPSA) is 150 Å². The molecule has 2 aromatic heterocycles. The first-order chi connectivity index (χ1) is 19.8. The van der Waals surface area contributed by atoms with E-state index in [9.17, 15) is 18.8 Å². The number of carbonyl (C=O) groups is 3. The van der Waals surface area contributed by atoms with Gasteiger partial charge in [-0.25, -0.2) is 19.3 Å². The first-order valence-corrected chi connectivity index (χ1v) is 13.6. The number of halogens is 1. The van der Waals surface area contributed by atoms with Gasteiger partial charge in [0.25, 0.3) is 17.7 Å². The fraction of sp³-hybridized carbons (Fsp3) is 0.310. The van der Waals surface area contributed by atoms with E-state index in [0.29, 0.717) is 60.3 Å². The summed E-state index contributed by atoms with van der Waals surface area (Å²) < 4.78 is 13.9. The summed E-state index contributed by atoms with van der Waals surface area (Å²) in [6.45, 7) is 2.04. The number of carbonyl (C=O) groups excluding carboxylic acids is 3. The number of imidazole rings is 1. The van der Waals surface area contributed by atoms with Crippen molar-refractivity contribution in [3.05, 3.63) is 71.3 Å². The average Bonchev–Trinajstić information content (AvgIpc) is 3.37. The lowest BCUT2D eigenvalue weighted by Gasteiger charge is -2.61. The molecule has 0 unspecified atom stereocenters. The van der Waals surface area contributed by atoms with E-state index in [1.54, 1.807) is 41.4 Å². The number of nitrogens with one attached hydrogen (secondary N) is 2. The van der Waals surface area contributed by atoms with Crippen molar-refractivity contribution in [1.29, 1.82) is 0 Å². The predicted molar refractivity (Wildman–Crippen MR) is 148 cm³/mol. The van der Waals surface area contributed by atoms with Crippen molar-refractivity contribution < 1.29 is 18.8 Å². The minimum Gasteiger partial charge on any atom is -0.366 e. The van der Waals surface area contributed by atoms with E-state index in [4.69, 9.17) is 5.73 Å². The Hall–Kier alpha value is -4.87. The summed E-state index contributed by atoms with van der Waals surface area (Å²) in [7, 11) is 0. The number of aromatic nitrogens is 4. The van der Waals surface area contributed by atoms with Crippen LogP contribution in [0, 0.1) is 11.7 Å². The maximum Gasteiger partial charge on any atom is 0.270 e. The highest BCUT2D eigenvalue weighted by atomic mass is 19.1. The largest absolute Gasteiger partial charge is 0.366 e. The lowest BCUT2D eigenvalue weighted by Crippen LogP contribution is -2.68. The highest BCUT2D eigenvalue weighted by Crippen LogP contribution is 2.56. The van der Waals surface area contributed by atoms with Gasteiger partial charge in [0.05, 0.1) is 11.1 Å². The van der Waals surface area contributed by atoms with Gasteiger partial charge in [-0.3, -0.25) is 14.4 Å². The summed E-state index contributed by atoms with van der Waals surface area (Å²) in [5.74, 6) is 0.0666. The van der Waals surface area contributed by atoms with Gasteiger partial charge in [0.2, 0.25) is 5.95 Å². The molecule has 4 fully saturated rings. The number of anilines is 1. The summed E-state index contributed by atoms with van der Waals surface area (Å²) in [5.41, 5.74) is 7.56. The smallest absolute Gasteiger partial charge is 0.270 e. The number of primary amides is 1. The molecule has 3 heterocycles. The Kier molecular flexibility index (Phi) is 5.73. The molecule has 3 aliphatic carbocycles. The molecule has 11 nitrogen and oxygen atoms in total. The lowest BCUT2D eigenvalue weighted by atomic mass is 9.50. The quantitative estimate of drug-likeness (QED) is 0.331. The van der Waals surface area contributed by atoms with Crippen LogP contribution in [0.1, 0.15) is 50.5 Å². The SMILES string of the molecule is NC(=O)c1cc(F)cc2[nH]c(-c3ccc(C(=O)N4CCN(c5nccc(C(=O)NC67CC(C6)C7)n5)CC4)cc3)nc12. The number of hydrogen-bond acceptors (Lipinski definition) is 7. The van der Waals surface area contributed by atoms with Crippen molar-refractivity contribution in [2.24, 2.45) is 11.7 Å². The van der Waals surface area contributed by atoms with Crippen LogP contribution in [-0.2, 0) is 0 Å². The van der Waals surface area contributed by atoms with E-state index < -0.39 is 11.7 Å². The molecule has 4 N–H and O–H groups in total. The normalized spacial score (nSPS) is 21.2. The van der Waals surface area contributed by atoms with Gasteiger partial charge in [0.15, 0.2) is 0 Å². The van der Waals surface area contributed by atoms with Crippen LogP contribution in [0.15, 0.2) is 48.7 Å². The van der Waals surface area contributed by atoms with E-state index in [2.05, 4.69) is 25.3 Å². The molecule has 0 radical (unpaired) electrons. The third kappa shape index (κ3) is 4.45. The predicted octanol–water partition coefficient (Wildman–Crippen LogP) is 2.50. The molecule has 4 aliphatic rings. The van der Waals surface area contributed by atoms with Gasteiger partial charge in [-0.1, -0.05) is 12.1 Å². The Bertz CT molecular complexity index is 1690.